The molecule has 516 valence electrons. The van der Waals surface area contributed by atoms with Gasteiger partial charge in [-0.1, -0.05) is 12.2 Å². The monoisotopic (exact) mass is 1300 g/mol. The molecule has 4 aliphatic carbocycles. The summed E-state index contributed by atoms with van der Waals surface area (Å²) in [6, 6.07) is 0. The molecule has 9 fully saturated rings. The number of aliphatic hydroxyl groups excluding tert-OH is 16. The van der Waals surface area contributed by atoms with Crippen LogP contribution in [0.1, 0.15) is 84.0 Å². The van der Waals surface area contributed by atoms with Crippen LogP contribution in [-0.2, 0) is 66.4 Å². The Hall–Kier alpha value is -2.66. The highest BCUT2D eigenvalue weighted by Crippen LogP contribution is 2.45. The highest BCUT2D eigenvalue weighted by molar-refractivity contribution is 5.82. The lowest BCUT2D eigenvalue weighted by atomic mass is 9.72. The second kappa shape index (κ2) is 31.9. The van der Waals surface area contributed by atoms with Gasteiger partial charge in [0.2, 0.25) is 0 Å². The van der Waals surface area contributed by atoms with Crippen LogP contribution < -0.4 is 0 Å². The zero-order valence-corrected chi connectivity index (χ0v) is 50.4. The SMILES string of the molecule is COC1CC(C2[OH+]C3CC(O)CC(O[C@@H]4O[C@@H](CO)[C@H](O)[C@H](O)[C@H]4O)C3CC2O[C@H]2O[C@@H](CO[C@H]3O[C@@H](C)[C@H](OC(=O)C=CC4CCC(O[C@@H]5O[C@@H](COC(=O)C=CC6CCC(O)C(O)C6)[C@H](O)[C@H](O)[C@H]5O)CC4)[C@@H](O)[C@@H]3O)[C@H](O)[C@@H](O)[C@@H]2O)CC(OC)C1O. The number of fused-ring (bicyclic) bond motifs is 1. The van der Waals surface area contributed by atoms with E-state index in [0.717, 1.165) is 0 Å². The second-order valence-electron chi connectivity index (χ2n) is 25.7. The number of esters is 2. The van der Waals surface area contributed by atoms with Gasteiger partial charge in [-0.25, -0.2) is 9.59 Å². The largest absolute Gasteiger partial charge is 0.460 e. The van der Waals surface area contributed by atoms with E-state index in [2.05, 4.69) is 0 Å². The van der Waals surface area contributed by atoms with Crippen LogP contribution in [0.25, 0.3) is 0 Å². The van der Waals surface area contributed by atoms with Gasteiger partial charge in [0, 0.05) is 45.1 Å². The lowest BCUT2D eigenvalue weighted by Gasteiger charge is -2.50. The maximum atomic E-state index is 13.2. The van der Waals surface area contributed by atoms with Crippen LogP contribution in [0.4, 0.5) is 0 Å². The summed E-state index contributed by atoms with van der Waals surface area (Å²) in [5.41, 5.74) is 0. The maximum absolute atomic E-state index is 13.2. The van der Waals surface area contributed by atoms with Gasteiger partial charge in [-0.05, 0) is 83.0 Å². The van der Waals surface area contributed by atoms with E-state index in [-0.39, 0.29) is 50.4 Å². The molecule has 90 heavy (non-hydrogen) atoms. The smallest absolute Gasteiger partial charge is 0.330 e. The Labute approximate surface area is 519 Å². The minimum Gasteiger partial charge on any atom is -0.460 e. The van der Waals surface area contributed by atoms with Crippen LogP contribution in [0.3, 0.4) is 0 Å². The van der Waals surface area contributed by atoms with Gasteiger partial charge in [0.15, 0.2) is 43.5 Å². The number of ether oxygens (including phenoxy) is 13. The van der Waals surface area contributed by atoms with Crippen molar-refractivity contribution < 1.29 is 153 Å². The Bertz CT molecular complexity index is 2300. The first-order valence-corrected chi connectivity index (χ1v) is 31.4. The number of hydrogen-bond donors (Lipinski definition) is 16. The molecule has 9 rings (SSSR count). The van der Waals surface area contributed by atoms with Crippen LogP contribution >= 0.6 is 0 Å². The average Bonchev–Trinajstić information content (AvgIpc) is 0.782. The van der Waals surface area contributed by atoms with E-state index >= 15 is 0 Å². The highest BCUT2D eigenvalue weighted by atomic mass is 16.7. The van der Waals surface area contributed by atoms with E-state index in [4.69, 9.17) is 61.6 Å². The van der Waals surface area contributed by atoms with Crippen molar-refractivity contribution >= 4 is 11.9 Å². The molecular formula is C59H95O31+. The lowest BCUT2D eigenvalue weighted by Crippen LogP contribution is -2.65. The van der Waals surface area contributed by atoms with Crippen molar-refractivity contribution in [1.29, 1.82) is 0 Å². The summed E-state index contributed by atoms with van der Waals surface area (Å²) >= 11 is 0. The van der Waals surface area contributed by atoms with Crippen molar-refractivity contribution in [1.82, 2.24) is 0 Å². The van der Waals surface area contributed by atoms with E-state index in [9.17, 15) is 91.3 Å². The minimum absolute atomic E-state index is 0.00992. The van der Waals surface area contributed by atoms with Crippen LogP contribution in [0.15, 0.2) is 24.3 Å². The second-order valence-corrected chi connectivity index (χ2v) is 25.7. The van der Waals surface area contributed by atoms with Crippen LogP contribution in [0, 0.1) is 23.7 Å². The van der Waals surface area contributed by atoms with Crippen molar-refractivity contribution in [2.75, 3.05) is 34.0 Å². The topological polar surface area (TPSA) is 481 Å². The number of allylic oxidation sites excluding steroid dienone is 2. The summed E-state index contributed by atoms with van der Waals surface area (Å²) in [6.45, 7) is -0.337. The first-order chi connectivity index (χ1) is 42.9. The number of hydrogen-bond acceptors (Lipinski definition) is 30. The first kappa shape index (κ1) is 71.6. The van der Waals surface area contributed by atoms with Crippen LogP contribution in [0.5, 0.6) is 0 Å². The Morgan fingerprint density at radius 3 is 1.62 bits per heavy atom. The summed E-state index contributed by atoms with van der Waals surface area (Å²) in [5, 5.41) is 172. The van der Waals surface area contributed by atoms with E-state index in [1.807, 2.05) is 0 Å². The van der Waals surface area contributed by atoms with E-state index in [0.29, 0.717) is 38.5 Å². The van der Waals surface area contributed by atoms with Crippen molar-refractivity contribution in [3.63, 3.8) is 0 Å². The van der Waals surface area contributed by atoms with Crippen LogP contribution in [-0.4, -0.2) is 322 Å². The summed E-state index contributed by atoms with van der Waals surface area (Å²) in [6.07, 6.45) is -31.3. The van der Waals surface area contributed by atoms with Crippen molar-refractivity contribution in [3.05, 3.63) is 24.3 Å². The average molecular weight is 1300 g/mol. The summed E-state index contributed by atoms with van der Waals surface area (Å²) in [7, 11) is 2.89. The molecule has 4 saturated carbocycles. The highest BCUT2D eigenvalue weighted by Gasteiger charge is 2.58. The molecular weight excluding hydrogens is 1200 g/mol. The molecule has 17 N–H and O–H groups in total. The molecule has 31 atom stereocenters. The van der Waals surface area contributed by atoms with Gasteiger partial charge in [-0.15, -0.1) is 0 Å². The Morgan fingerprint density at radius 2 is 1.02 bits per heavy atom. The molecule has 0 aromatic rings. The Balaban J connectivity index is 0.763. The predicted octanol–water partition coefficient (Wildman–Crippen LogP) is -6.44. The fourth-order valence-electron chi connectivity index (χ4n) is 14.2. The quantitative estimate of drug-likeness (QED) is 0.0306. The van der Waals surface area contributed by atoms with Crippen molar-refractivity contribution in [2.24, 2.45) is 23.7 Å². The molecule has 0 amide bonds. The third kappa shape index (κ3) is 16.8. The van der Waals surface area contributed by atoms with Crippen molar-refractivity contribution in [2.45, 2.75) is 274 Å². The standard InChI is InChI=1S/C59H94O31/c1-23-54(90-41(65)13-7-24-4-9-28(10-5-24)83-57-50(74)47(71)44(68)38(88-57)21-80-40(64)12-8-25-6-11-30(62)31(63)14-25)49(73)53(77)56(82-23)81-22-39-45(69)48(72)52(76)59(89-39)86-36-19-29-32(84-55(36)26-15-34(78-2)42(66)35(16-26)79-3)17-27(61)18-33(29)85-58-51(75)46(70)43(67)37(20-60)87-58/h7-8,12-13,23-39,42-63,66-77H,4-6,9-11,14-22H2,1-3H3/p+1/t23-,24?,25?,26?,27?,28?,29?,30?,31?,32?,33?,34?,35?,36?,37-,38-,39-,42?,43-,44-,45-,46-,47-,48+,49-,50+,51+,52-,53-,54-,55?,56-,57+,58+,59-/m0/s1. The number of carbonyl (C=O) groups is 2. The van der Waals surface area contributed by atoms with Gasteiger partial charge in [-0.2, -0.15) is 0 Å². The summed E-state index contributed by atoms with van der Waals surface area (Å²) in [5.74, 6) is -2.91. The number of aliphatic hydroxyl groups is 18. The molecule has 0 aromatic heterocycles. The fourth-order valence-corrected chi connectivity index (χ4v) is 14.2. The molecule has 0 radical (unpaired) electrons. The van der Waals surface area contributed by atoms with Crippen molar-refractivity contribution in [3.8, 4) is 0 Å². The number of carbonyl (C=O) groups excluding carboxylic acids is 2. The zero-order valence-electron chi connectivity index (χ0n) is 50.4. The third-order valence-corrected chi connectivity index (χ3v) is 19.7. The number of rotatable bonds is 20. The van der Waals surface area contributed by atoms with Gasteiger partial charge in [-0.3, -0.25) is 0 Å². The summed E-state index contributed by atoms with van der Waals surface area (Å²) < 4.78 is 75.5. The number of methoxy groups -OCH3 is 2. The molecule has 5 saturated heterocycles. The molecule has 5 heterocycles. The molecule has 31 heteroatoms. The third-order valence-electron chi connectivity index (χ3n) is 19.7. The van der Waals surface area contributed by atoms with Gasteiger partial charge in [0.1, 0.15) is 104 Å². The van der Waals surface area contributed by atoms with Gasteiger partial charge in [0.25, 0.3) is 0 Å². The van der Waals surface area contributed by atoms with E-state index in [1.54, 1.807) is 12.2 Å². The molecule has 9 aliphatic rings. The zero-order chi connectivity index (χ0) is 65.0. The Morgan fingerprint density at radius 1 is 0.489 bits per heavy atom. The normalized spacial score (nSPS) is 49.7. The molecule has 0 spiro atoms. The van der Waals surface area contributed by atoms with Gasteiger partial charge < -0.3 is 143 Å². The summed E-state index contributed by atoms with van der Waals surface area (Å²) in [4.78, 5) is 25.7. The fraction of sp³-hybridized carbons (Fsp3) is 0.898. The van der Waals surface area contributed by atoms with Gasteiger partial charge in [0.05, 0.1) is 68.0 Å². The first-order valence-electron chi connectivity index (χ1n) is 31.4. The molecule has 31 nitrogen and oxygen atoms in total. The van der Waals surface area contributed by atoms with Crippen LogP contribution in [0.2, 0.25) is 0 Å². The Kier molecular flexibility index (Phi) is 25.4. The molecule has 0 aromatic carbocycles. The molecule has 0 bridgehead atoms. The van der Waals surface area contributed by atoms with E-state index in [1.165, 1.54) is 33.3 Å². The predicted molar refractivity (Wildman–Crippen MR) is 298 cm³/mol. The van der Waals surface area contributed by atoms with Gasteiger partial charge >= 0.3 is 11.9 Å². The molecule has 11 unspecified atom stereocenters. The van der Waals surface area contributed by atoms with E-state index < -0.39 is 234 Å². The lowest BCUT2D eigenvalue weighted by molar-refractivity contribution is -0.371. The minimum atomic E-state index is -1.90. The molecule has 5 aliphatic heterocycles. The maximum Gasteiger partial charge on any atom is 0.330 e.